The Bertz CT molecular complexity index is 568. The fourth-order valence-electron chi connectivity index (χ4n) is 2.36. The second-order valence-corrected chi connectivity index (χ2v) is 5.08. The van der Waals surface area contributed by atoms with Gasteiger partial charge in [-0.1, -0.05) is 12.1 Å². The number of Topliss-reactive ketones (excluding diaryl/α,β-unsaturated/α-hetero) is 1. The fraction of sp³-hybridized carbons (Fsp3) is 0.400. The molecule has 1 aliphatic rings. The average Bonchev–Trinajstić information content (AvgIpc) is 2.45. The van der Waals surface area contributed by atoms with E-state index in [2.05, 4.69) is 0 Å². The minimum Gasteiger partial charge on any atom is -0.497 e. The van der Waals surface area contributed by atoms with Crippen LogP contribution in [0.5, 0.6) is 5.75 Å². The van der Waals surface area contributed by atoms with E-state index in [0.717, 1.165) is 5.56 Å². The van der Waals surface area contributed by atoms with Gasteiger partial charge in [0, 0.05) is 13.6 Å². The van der Waals surface area contributed by atoms with Crippen molar-refractivity contribution in [3.63, 3.8) is 0 Å². The Morgan fingerprint density at radius 2 is 1.90 bits per heavy atom. The molecule has 1 heterocycles. The molecule has 2 rings (SSSR count). The van der Waals surface area contributed by atoms with Crippen molar-refractivity contribution in [1.29, 1.82) is 0 Å². The van der Waals surface area contributed by atoms with Gasteiger partial charge in [0.05, 0.1) is 13.7 Å². The maximum Gasteiger partial charge on any atom is 0.253 e. The van der Waals surface area contributed by atoms with Crippen LogP contribution in [0, 0.1) is 0 Å². The number of ether oxygens (including phenoxy) is 1. The number of rotatable bonds is 4. The smallest absolute Gasteiger partial charge is 0.253 e. The van der Waals surface area contributed by atoms with E-state index in [9.17, 15) is 14.4 Å². The molecule has 112 valence electrons. The first-order valence-corrected chi connectivity index (χ1v) is 6.62. The zero-order valence-corrected chi connectivity index (χ0v) is 12.3. The third kappa shape index (κ3) is 3.04. The minimum atomic E-state index is -1.03. The normalized spacial score (nSPS) is 18.9. The molecule has 0 saturated carbocycles. The molecule has 1 aliphatic heterocycles. The lowest BCUT2D eigenvalue weighted by molar-refractivity contribution is -0.158. The second kappa shape index (κ2) is 5.95. The molecule has 6 heteroatoms. The summed E-state index contributed by atoms with van der Waals surface area (Å²) in [6.07, 6.45) is 0. The van der Waals surface area contributed by atoms with Gasteiger partial charge in [-0.25, -0.2) is 0 Å². The van der Waals surface area contributed by atoms with E-state index >= 15 is 0 Å². The Morgan fingerprint density at radius 1 is 1.29 bits per heavy atom. The number of nitrogens with zero attached hydrogens (tertiary/aromatic N) is 2. The van der Waals surface area contributed by atoms with Gasteiger partial charge in [-0.2, -0.15) is 0 Å². The molecule has 0 N–H and O–H groups in total. The van der Waals surface area contributed by atoms with E-state index in [-0.39, 0.29) is 30.7 Å². The van der Waals surface area contributed by atoms with E-state index in [1.165, 1.54) is 23.8 Å². The number of amides is 2. The van der Waals surface area contributed by atoms with Crippen LogP contribution in [0.15, 0.2) is 24.3 Å². The number of hydrogen-bond donors (Lipinski definition) is 0. The number of benzene rings is 1. The summed E-state index contributed by atoms with van der Waals surface area (Å²) >= 11 is 0. The van der Waals surface area contributed by atoms with Gasteiger partial charge in [0.25, 0.3) is 5.91 Å². The molecule has 0 aliphatic carbocycles. The van der Waals surface area contributed by atoms with Crippen molar-refractivity contribution >= 4 is 17.6 Å². The summed E-state index contributed by atoms with van der Waals surface area (Å²) in [5, 5.41) is 0. The molecule has 1 aromatic rings. The van der Waals surface area contributed by atoms with Crippen LogP contribution in [0.4, 0.5) is 0 Å². The number of piperazine rings is 1. The van der Waals surface area contributed by atoms with Gasteiger partial charge >= 0.3 is 0 Å². The summed E-state index contributed by atoms with van der Waals surface area (Å²) < 4.78 is 5.08. The molecule has 1 atom stereocenters. The lowest BCUT2D eigenvalue weighted by atomic mass is 10.1. The van der Waals surface area contributed by atoms with Gasteiger partial charge in [-0.05, 0) is 24.6 Å². The van der Waals surface area contributed by atoms with Crippen LogP contribution in [-0.2, 0) is 20.9 Å². The molecule has 0 unspecified atom stereocenters. The zero-order chi connectivity index (χ0) is 15.6. The van der Waals surface area contributed by atoms with Crippen molar-refractivity contribution in [1.82, 2.24) is 9.80 Å². The number of carbonyl (C=O) groups is 3. The van der Waals surface area contributed by atoms with Crippen LogP contribution >= 0.6 is 0 Å². The maximum absolute atomic E-state index is 12.1. The number of methoxy groups -OCH3 is 1. The van der Waals surface area contributed by atoms with Gasteiger partial charge < -0.3 is 14.5 Å². The molecular formula is C15H18N2O4. The van der Waals surface area contributed by atoms with Crippen LogP contribution in [0.3, 0.4) is 0 Å². The molecular weight excluding hydrogens is 272 g/mol. The lowest BCUT2D eigenvalue weighted by Gasteiger charge is -2.37. The standard InChI is InChI=1S/C15H18N2O4/c1-10(18)14-15(20)16(2)9-13(19)17(14)8-11-4-6-12(21-3)7-5-11/h4-7,14H,8-9H2,1-3H3/t14-/m0/s1. The van der Waals surface area contributed by atoms with Gasteiger partial charge in [0.15, 0.2) is 11.8 Å². The van der Waals surface area contributed by atoms with E-state index < -0.39 is 6.04 Å². The van der Waals surface area contributed by atoms with E-state index in [0.29, 0.717) is 5.75 Å². The molecule has 0 spiro atoms. The predicted molar refractivity (Wildman–Crippen MR) is 75.7 cm³/mol. The molecule has 1 aromatic carbocycles. The molecule has 0 bridgehead atoms. The number of ketones is 1. The van der Waals surface area contributed by atoms with Crippen molar-refractivity contribution in [3.05, 3.63) is 29.8 Å². The van der Waals surface area contributed by atoms with Crippen molar-refractivity contribution in [2.75, 3.05) is 20.7 Å². The highest BCUT2D eigenvalue weighted by Gasteiger charge is 2.40. The van der Waals surface area contributed by atoms with Gasteiger partial charge in [0.2, 0.25) is 5.91 Å². The van der Waals surface area contributed by atoms with E-state index in [1.807, 2.05) is 12.1 Å². The third-order valence-electron chi connectivity index (χ3n) is 3.51. The molecule has 6 nitrogen and oxygen atoms in total. The average molecular weight is 290 g/mol. The molecule has 1 fully saturated rings. The van der Waals surface area contributed by atoms with Crippen LogP contribution in [0.1, 0.15) is 12.5 Å². The second-order valence-electron chi connectivity index (χ2n) is 5.08. The van der Waals surface area contributed by atoms with E-state index in [1.54, 1.807) is 19.2 Å². The van der Waals surface area contributed by atoms with Crippen molar-refractivity contribution in [3.8, 4) is 5.75 Å². The van der Waals surface area contributed by atoms with Crippen LogP contribution in [0.2, 0.25) is 0 Å². The molecule has 21 heavy (non-hydrogen) atoms. The Labute approximate surface area is 123 Å². The highest BCUT2D eigenvalue weighted by atomic mass is 16.5. The monoisotopic (exact) mass is 290 g/mol. The Hall–Kier alpha value is -2.37. The van der Waals surface area contributed by atoms with Gasteiger partial charge in [-0.3, -0.25) is 14.4 Å². The number of carbonyl (C=O) groups excluding carboxylic acids is 3. The Kier molecular flexibility index (Phi) is 4.26. The topological polar surface area (TPSA) is 66.9 Å². The van der Waals surface area contributed by atoms with Gasteiger partial charge in [0.1, 0.15) is 5.75 Å². The molecule has 0 aromatic heterocycles. The van der Waals surface area contributed by atoms with Crippen molar-refractivity contribution < 1.29 is 19.1 Å². The maximum atomic E-state index is 12.1. The predicted octanol–water partition coefficient (Wildman–Crippen LogP) is 0.453. The zero-order valence-electron chi connectivity index (χ0n) is 12.3. The number of hydrogen-bond acceptors (Lipinski definition) is 4. The summed E-state index contributed by atoms with van der Waals surface area (Å²) in [7, 11) is 3.10. The largest absolute Gasteiger partial charge is 0.497 e. The van der Waals surface area contributed by atoms with Gasteiger partial charge in [-0.15, -0.1) is 0 Å². The summed E-state index contributed by atoms with van der Waals surface area (Å²) in [6, 6.07) is 6.15. The van der Waals surface area contributed by atoms with Crippen molar-refractivity contribution in [2.45, 2.75) is 19.5 Å². The first-order valence-electron chi connectivity index (χ1n) is 6.62. The summed E-state index contributed by atoms with van der Waals surface area (Å²) in [6.45, 7) is 1.56. The Balaban J connectivity index is 2.23. The SMILES string of the molecule is COc1ccc(CN2C(=O)CN(C)C(=O)[C@@H]2C(C)=O)cc1. The molecule has 2 amide bonds. The lowest BCUT2D eigenvalue weighted by Crippen LogP contribution is -2.60. The van der Waals surface area contributed by atoms with Crippen LogP contribution in [0.25, 0.3) is 0 Å². The highest BCUT2D eigenvalue weighted by Crippen LogP contribution is 2.18. The number of likely N-dealkylation sites (N-methyl/N-ethyl adjacent to an activating group) is 1. The summed E-state index contributed by atoms with van der Waals surface area (Å²) in [4.78, 5) is 38.6. The third-order valence-corrected chi connectivity index (χ3v) is 3.51. The first kappa shape index (κ1) is 15.0. The van der Waals surface area contributed by atoms with E-state index in [4.69, 9.17) is 4.74 Å². The summed E-state index contributed by atoms with van der Waals surface area (Å²) in [5.41, 5.74) is 0.841. The fourth-order valence-corrected chi connectivity index (χ4v) is 2.36. The molecule has 1 saturated heterocycles. The summed E-state index contributed by atoms with van der Waals surface area (Å²) in [5.74, 6) is -0.181. The minimum absolute atomic E-state index is 0.00122. The van der Waals surface area contributed by atoms with Crippen LogP contribution in [-0.4, -0.2) is 54.1 Å². The Morgan fingerprint density at radius 3 is 2.43 bits per heavy atom. The first-order chi connectivity index (χ1) is 9.93. The highest BCUT2D eigenvalue weighted by molar-refractivity contribution is 6.09. The van der Waals surface area contributed by atoms with Crippen molar-refractivity contribution in [2.24, 2.45) is 0 Å². The van der Waals surface area contributed by atoms with Crippen LogP contribution < -0.4 is 4.74 Å². The quantitative estimate of drug-likeness (QED) is 0.755. The molecule has 0 radical (unpaired) electrons.